The van der Waals surface area contributed by atoms with Crippen LogP contribution in [0.3, 0.4) is 0 Å². The SMILES string of the molecule is CCCN(CCC(=O)Nc1cc(Cl)ccc1OC)S(C)(=O)=O. The van der Waals surface area contributed by atoms with Gasteiger partial charge in [0, 0.05) is 24.5 Å². The third-order valence-electron chi connectivity index (χ3n) is 2.97. The number of rotatable bonds is 8. The molecule has 0 aliphatic heterocycles. The minimum Gasteiger partial charge on any atom is -0.495 e. The maximum Gasteiger partial charge on any atom is 0.225 e. The third-order valence-corrected chi connectivity index (χ3v) is 4.50. The van der Waals surface area contributed by atoms with Gasteiger partial charge in [-0.3, -0.25) is 4.79 Å². The van der Waals surface area contributed by atoms with E-state index in [1.165, 1.54) is 11.4 Å². The summed E-state index contributed by atoms with van der Waals surface area (Å²) >= 11 is 5.89. The van der Waals surface area contributed by atoms with Crippen LogP contribution in [-0.2, 0) is 14.8 Å². The molecule has 8 heteroatoms. The van der Waals surface area contributed by atoms with Crippen molar-refractivity contribution in [1.82, 2.24) is 4.31 Å². The highest BCUT2D eigenvalue weighted by Crippen LogP contribution is 2.27. The number of ether oxygens (including phenoxy) is 1. The molecule has 0 heterocycles. The average Bonchev–Trinajstić information content (AvgIpc) is 2.42. The Bertz CT molecular complexity index is 619. The largest absolute Gasteiger partial charge is 0.495 e. The molecule has 0 aliphatic carbocycles. The highest BCUT2D eigenvalue weighted by molar-refractivity contribution is 7.88. The monoisotopic (exact) mass is 348 g/mol. The Kier molecular flexibility index (Phi) is 7.12. The number of nitrogens with zero attached hydrogens (tertiary/aromatic N) is 1. The predicted molar refractivity (Wildman–Crippen MR) is 88.0 cm³/mol. The minimum absolute atomic E-state index is 0.0583. The first kappa shape index (κ1) is 18.7. The molecule has 22 heavy (non-hydrogen) atoms. The van der Waals surface area contributed by atoms with E-state index < -0.39 is 10.0 Å². The summed E-state index contributed by atoms with van der Waals surface area (Å²) in [5.74, 6) is 0.191. The average molecular weight is 349 g/mol. The quantitative estimate of drug-likeness (QED) is 0.782. The van der Waals surface area contributed by atoms with Crippen LogP contribution in [0.1, 0.15) is 19.8 Å². The number of sulfonamides is 1. The summed E-state index contributed by atoms with van der Waals surface area (Å²) in [5, 5.41) is 3.15. The zero-order valence-electron chi connectivity index (χ0n) is 12.9. The molecule has 1 aromatic rings. The van der Waals surface area contributed by atoms with Crippen molar-refractivity contribution in [3.63, 3.8) is 0 Å². The summed E-state index contributed by atoms with van der Waals surface area (Å²) < 4.78 is 29.6. The van der Waals surface area contributed by atoms with Crippen LogP contribution in [0.15, 0.2) is 18.2 Å². The Hall–Kier alpha value is -1.31. The second kappa shape index (κ2) is 8.36. The van der Waals surface area contributed by atoms with Gasteiger partial charge in [0.05, 0.1) is 19.1 Å². The van der Waals surface area contributed by atoms with Crippen molar-refractivity contribution in [2.45, 2.75) is 19.8 Å². The van der Waals surface area contributed by atoms with Crippen LogP contribution in [0.2, 0.25) is 5.02 Å². The zero-order valence-corrected chi connectivity index (χ0v) is 14.5. The first-order valence-electron chi connectivity index (χ1n) is 6.86. The maximum atomic E-state index is 12.0. The topological polar surface area (TPSA) is 75.7 Å². The van der Waals surface area contributed by atoms with E-state index in [0.29, 0.717) is 29.4 Å². The number of nitrogens with one attached hydrogen (secondary N) is 1. The van der Waals surface area contributed by atoms with Crippen LogP contribution >= 0.6 is 11.6 Å². The molecule has 1 rings (SSSR count). The molecule has 0 saturated heterocycles. The Morgan fingerprint density at radius 2 is 2.05 bits per heavy atom. The van der Waals surface area contributed by atoms with Crippen LogP contribution in [-0.4, -0.2) is 45.1 Å². The van der Waals surface area contributed by atoms with Gasteiger partial charge < -0.3 is 10.1 Å². The molecule has 0 saturated carbocycles. The molecule has 1 amide bonds. The van der Waals surface area contributed by atoms with Crippen LogP contribution in [0.5, 0.6) is 5.75 Å². The number of anilines is 1. The molecule has 0 radical (unpaired) electrons. The molecular formula is C14H21ClN2O4S. The van der Waals surface area contributed by atoms with Crippen molar-refractivity contribution < 1.29 is 17.9 Å². The molecule has 124 valence electrons. The van der Waals surface area contributed by atoms with Gasteiger partial charge in [-0.2, -0.15) is 0 Å². The van der Waals surface area contributed by atoms with E-state index in [4.69, 9.17) is 16.3 Å². The first-order valence-corrected chi connectivity index (χ1v) is 9.09. The number of amides is 1. The molecule has 0 aliphatic rings. The van der Waals surface area contributed by atoms with Crippen molar-refractivity contribution in [3.8, 4) is 5.75 Å². The molecule has 0 aromatic heterocycles. The fraction of sp³-hybridized carbons (Fsp3) is 0.500. The van der Waals surface area contributed by atoms with Crippen molar-refractivity contribution in [2.75, 3.05) is 31.8 Å². The smallest absolute Gasteiger partial charge is 0.225 e. The molecule has 0 unspecified atom stereocenters. The van der Waals surface area contributed by atoms with Crippen molar-refractivity contribution in [3.05, 3.63) is 23.2 Å². The van der Waals surface area contributed by atoms with Gasteiger partial charge in [-0.1, -0.05) is 18.5 Å². The summed E-state index contributed by atoms with van der Waals surface area (Å²) in [5.41, 5.74) is 0.460. The molecular weight excluding hydrogens is 328 g/mol. The summed E-state index contributed by atoms with van der Waals surface area (Å²) in [4.78, 5) is 12.0. The van der Waals surface area contributed by atoms with Crippen molar-refractivity contribution in [1.29, 1.82) is 0 Å². The number of halogens is 1. The van der Waals surface area contributed by atoms with Gasteiger partial charge in [0.25, 0.3) is 0 Å². The van der Waals surface area contributed by atoms with Gasteiger partial charge in [-0.05, 0) is 24.6 Å². The molecule has 1 N–H and O–H groups in total. The Morgan fingerprint density at radius 1 is 1.36 bits per heavy atom. The molecule has 1 aromatic carbocycles. The highest BCUT2D eigenvalue weighted by atomic mass is 35.5. The summed E-state index contributed by atoms with van der Waals surface area (Å²) in [6, 6.07) is 4.89. The second-order valence-electron chi connectivity index (χ2n) is 4.80. The lowest BCUT2D eigenvalue weighted by atomic mass is 10.2. The van der Waals surface area contributed by atoms with Crippen LogP contribution < -0.4 is 10.1 Å². The van der Waals surface area contributed by atoms with Crippen molar-refractivity contribution in [2.24, 2.45) is 0 Å². The number of hydrogen-bond donors (Lipinski definition) is 1. The Labute approximate surface area is 136 Å². The molecule has 6 nitrogen and oxygen atoms in total. The molecule has 0 atom stereocenters. The van der Waals surface area contributed by atoms with Crippen LogP contribution in [0.4, 0.5) is 5.69 Å². The van der Waals surface area contributed by atoms with Crippen LogP contribution in [0, 0.1) is 0 Å². The summed E-state index contributed by atoms with van der Waals surface area (Å²) in [7, 11) is -1.82. The van der Waals surface area contributed by atoms with Gasteiger partial charge in [0.1, 0.15) is 5.75 Å². The number of carbonyl (C=O) groups excluding carboxylic acids is 1. The van der Waals surface area contributed by atoms with E-state index in [1.807, 2.05) is 6.92 Å². The standard InChI is InChI=1S/C14H21ClN2O4S/c1-4-8-17(22(3,19)20)9-7-14(18)16-12-10-11(15)5-6-13(12)21-2/h5-6,10H,4,7-9H2,1-3H3,(H,16,18). The van der Waals surface area contributed by atoms with Gasteiger partial charge in [-0.25, -0.2) is 12.7 Å². The van der Waals surface area contributed by atoms with E-state index in [9.17, 15) is 13.2 Å². The Balaban J connectivity index is 2.69. The van der Waals surface area contributed by atoms with E-state index in [2.05, 4.69) is 5.32 Å². The van der Waals surface area contributed by atoms with E-state index in [-0.39, 0.29) is 18.9 Å². The maximum absolute atomic E-state index is 12.0. The minimum atomic E-state index is -3.31. The molecule has 0 spiro atoms. The third kappa shape index (κ3) is 5.82. The van der Waals surface area contributed by atoms with Crippen LogP contribution in [0.25, 0.3) is 0 Å². The number of methoxy groups -OCH3 is 1. The van der Waals surface area contributed by atoms with Crippen molar-refractivity contribution >= 4 is 33.2 Å². The second-order valence-corrected chi connectivity index (χ2v) is 7.22. The lowest BCUT2D eigenvalue weighted by Crippen LogP contribution is -2.33. The van der Waals surface area contributed by atoms with Gasteiger partial charge in [-0.15, -0.1) is 0 Å². The first-order chi connectivity index (χ1) is 10.3. The Morgan fingerprint density at radius 3 is 2.59 bits per heavy atom. The lowest BCUT2D eigenvalue weighted by molar-refractivity contribution is -0.116. The zero-order chi connectivity index (χ0) is 16.8. The number of benzene rings is 1. The number of carbonyl (C=O) groups is 1. The summed E-state index contributed by atoms with van der Waals surface area (Å²) in [6.45, 7) is 2.42. The molecule has 0 bridgehead atoms. The number of hydrogen-bond acceptors (Lipinski definition) is 4. The van der Waals surface area contributed by atoms with Gasteiger partial charge in [0.15, 0.2) is 0 Å². The fourth-order valence-electron chi connectivity index (χ4n) is 1.91. The van der Waals surface area contributed by atoms with Gasteiger partial charge in [0.2, 0.25) is 15.9 Å². The van der Waals surface area contributed by atoms with E-state index >= 15 is 0 Å². The summed E-state index contributed by atoms with van der Waals surface area (Å²) in [6.07, 6.45) is 1.89. The van der Waals surface area contributed by atoms with Gasteiger partial charge >= 0.3 is 0 Å². The molecule has 0 fully saturated rings. The fourth-order valence-corrected chi connectivity index (χ4v) is 3.02. The highest BCUT2D eigenvalue weighted by Gasteiger charge is 2.17. The normalized spacial score (nSPS) is 11.5. The predicted octanol–water partition coefficient (Wildman–Crippen LogP) is 2.35. The van der Waals surface area contributed by atoms with E-state index in [1.54, 1.807) is 18.2 Å². The van der Waals surface area contributed by atoms with E-state index in [0.717, 1.165) is 6.26 Å². The lowest BCUT2D eigenvalue weighted by Gasteiger charge is -2.19.